The third kappa shape index (κ3) is 4.94. The maximum Gasteiger partial charge on any atom is 0.252 e. The molecule has 0 saturated heterocycles. The van der Waals surface area contributed by atoms with Crippen molar-refractivity contribution in [3.8, 4) is 0 Å². The van der Waals surface area contributed by atoms with Gasteiger partial charge in [-0.05, 0) is 36.8 Å². The molecule has 0 fully saturated rings. The number of nitrogens with one attached hydrogen (secondary N) is 2. The third-order valence-electron chi connectivity index (χ3n) is 3.37. The number of primary amides is 1. The number of ether oxygens (including phenoxy) is 1. The molecule has 0 saturated carbocycles. The summed E-state index contributed by atoms with van der Waals surface area (Å²) in [5.74, 6) is 0.459. The van der Waals surface area contributed by atoms with Crippen molar-refractivity contribution >= 4 is 23.2 Å². The van der Waals surface area contributed by atoms with Crippen LogP contribution in [0.2, 0.25) is 0 Å². The number of anilines is 3. The van der Waals surface area contributed by atoms with E-state index in [-0.39, 0.29) is 6.04 Å². The summed E-state index contributed by atoms with van der Waals surface area (Å²) >= 11 is 0. The summed E-state index contributed by atoms with van der Waals surface area (Å²) in [4.78, 5) is 16.1. The molecule has 1 amide bonds. The Labute approximate surface area is 141 Å². The molecule has 1 aromatic heterocycles. The van der Waals surface area contributed by atoms with Gasteiger partial charge in [0.2, 0.25) is 0 Å². The first-order chi connectivity index (χ1) is 11.5. The van der Waals surface area contributed by atoms with Crippen LogP contribution in [0.25, 0.3) is 0 Å². The summed E-state index contributed by atoms with van der Waals surface area (Å²) in [5, 5.41) is 6.26. The van der Waals surface area contributed by atoms with Gasteiger partial charge in [-0.25, -0.2) is 4.98 Å². The number of amides is 1. The van der Waals surface area contributed by atoms with E-state index < -0.39 is 5.91 Å². The first-order valence-electron chi connectivity index (χ1n) is 7.62. The van der Waals surface area contributed by atoms with Crippen LogP contribution in [-0.4, -0.2) is 37.2 Å². The van der Waals surface area contributed by atoms with E-state index in [1.165, 1.54) is 0 Å². The molecule has 0 aliphatic heterocycles. The van der Waals surface area contributed by atoms with E-state index in [1.54, 1.807) is 19.2 Å². The largest absolute Gasteiger partial charge is 0.383 e. The monoisotopic (exact) mass is 329 g/mol. The Morgan fingerprint density at radius 3 is 2.79 bits per heavy atom. The van der Waals surface area contributed by atoms with E-state index in [9.17, 15) is 4.79 Å². The zero-order valence-electron chi connectivity index (χ0n) is 13.9. The van der Waals surface area contributed by atoms with Crippen molar-refractivity contribution in [1.82, 2.24) is 4.98 Å². The van der Waals surface area contributed by atoms with E-state index in [2.05, 4.69) is 15.6 Å². The quantitative estimate of drug-likeness (QED) is 0.585. The number of rotatable bonds is 8. The highest BCUT2D eigenvalue weighted by atomic mass is 16.5. The van der Waals surface area contributed by atoms with Gasteiger partial charge >= 0.3 is 0 Å². The summed E-state index contributed by atoms with van der Waals surface area (Å²) in [5.41, 5.74) is 13.6. The summed E-state index contributed by atoms with van der Waals surface area (Å²) < 4.78 is 5.00. The molecule has 1 atom stereocenters. The number of pyridine rings is 1. The Kier molecular flexibility index (Phi) is 6.11. The number of methoxy groups -OCH3 is 1. The molecular weight excluding hydrogens is 306 g/mol. The second-order valence-corrected chi connectivity index (χ2v) is 5.55. The van der Waals surface area contributed by atoms with Crippen LogP contribution in [0, 0.1) is 6.92 Å². The molecule has 0 aliphatic carbocycles. The molecule has 7 heteroatoms. The molecule has 0 radical (unpaired) electrons. The number of benzene rings is 1. The standard InChI is InChI=1S/C17H23N5O2/c1-11-4-3-5-13(8-11)21-17-14(16(19)23)6-7-15(22-17)20-9-12(18)10-24-2/h3-8,12H,9-10,18H2,1-2H3,(H2,19,23)(H2,20,21,22)/t12-/m1/s1. The number of carbonyl (C=O) groups excluding carboxylic acids is 1. The lowest BCUT2D eigenvalue weighted by atomic mass is 10.2. The van der Waals surface area contributed by atoms with Crippen LogP contribution in [0.4, 0.5) is 17.3 Å². The number of hydrogen-bond donors (Lipinski definition) is 4. The topological polar surface area (TPSA) is 115 Å². The number of nitrogens with two attached hydrogens (primary N) is 2. The first-order valence-corrected chi connectivity index (χ1v) is 7.62. The molecular formula is C17H23N5O2. The number of aryl methyl sites for hydroxylation is 1. The smallest absolute Gasteiger partial charge is 0.252 e. The zero-order valence-corrected chi connectivity index (χ0v) is 13.9. The van der Waals surface area contributed by atoms with Crippen LogP contribution >= 0.6 is 0 Å². The van der Waals surface area contributed by atoms with Gasteiger partial charge < -0.3 is 26.8 Å². The second-order valence-electron chi connectivity index (χ2n) is 5.55. The minimum atomic E-state index is -0.541. The van der Waals surface area contributed by atoms with Gasteiger partial charge in [-0.1, -0.05) is 12.1 Å². The fourth-order valence-electron chi connectivity index (χ4n) is 2.22. The summed E-state index contributed by atoms with van der Waals surface area (Å²) in [6.45, 7) is 2.93. The zero-order chi connectivity index (χ0) is 17.5. The van der Waals surface area contributed by atoms with Crippen molar-refractivity contribution in [3.05, 3.63) is 47.5 Å². The average molecular weight is 329 g/mol. The maximum atomic E-state index is 11.6. The van der Waals surface area contributed by atoms with E-state index in [0.717, 1.165) is 11.3 Å². The van der Waals surface area contributed by atoms with Crippen molar-refractivity contribution in [2.45, 2.75) is 13.0 Å². The average Bonchev–Trinajstić information content (AvgIpc) is 2.53. The molecule has 0 spiro atoms. The number of aromatic nitrogens is 1. The lowest BCUT2D eigenvalue weighted by Crippen LogP contribution is -2.33. The van der Waals surface area contributed by atoms with E-state index in [0.29, 0.717) is 30.4 Å². The molecule has 128 valence electrons. The molecule has 1 heterocycles. The van der Waals surface area contributed by atoms with Gasteiger partial charge in [-0.2, -0.15) is 0 Å². The molecule has 2 aromatic rings. The van der Waals surface area contributed by atoms with Gasteiger partial charge in [0, 0.05) is 25.4 Å². The molecule has 2 rings (SSSR count). The molecule has 6 N–H and O–H groups in total. The fraction of sp³-hybridized carbons (Fsp3) is 0.294. The third-order valence-corrected chi connectivity index (χ3v) is 3.37. The van der Waals surface area contributed by atoms with Gasteiger partial charge in [-0.3, -0.25) is 4.79 Å². The van der Waals surface area contributed by atoms with Gasteiger partial charge in [0.1, 0.15) is 11.6 Å². The van der Waals surface area contributed by atoms with Crippen molar-refractivity contribution in [3.63, 3.8) is 0 Å². The Bertz CT molecular complexity index is 705. The van der Waals surface area contributed by atoms with Crippen molar-refractivity contribution in [1.29, 1.82) is 0 Å². The predicted octanol–water partition coefficient (Wildman–Crippen LogP) is 1.62. The molecule has 7 nitrogen and oxygen atoms in total. The number of carbonyl (C=O) groups is 1. The maximum absolute atomic E-state index is 11.6. The highest BCUT2D eigenvalue weighted by molar-refractivity contribution is 5.98. The first kappa shape index (κ1) is 17.7. The molecule has 24 heavy (non-hydrogen) atoms. The Morgan fingerprint density at radius 1 is 1.33 bits per heavy atom. The van der Waals surface area contributed by atoms with E-state index >= 15 is 0 Å². The second kappa shape index (κ2) is 8.28. The molecule has 1 aromatic carbocycles. The summed E-state index contributed by atoms with van der Waals surface area (Å²) in [7, 11) is 1.60. The lowest BCUT2D eigenvalue weighted by molar-refractivity contribution is 0.100. The summed E-state index contributed by atoms with van der Waals surface area (Å²) in [6.07, 6.45) is 0. The minimum Gasteiger partial charge on any atom is -0.383 e. The van der Waals surface area contributed by atoms with Gasteiger partial charge in [0.05, 0.1) is 12.2 Å². The highest BCUT2D eigenvalue weighted by Gasteiger charge is 2.12. The van der Waals surface area contributed by atoms with Crippen LogP contribution < -0.4 is 22.1 Å². The lowest BCUT2D eigenvalue weighted by Gasteiger charge is -2.15. The van der Waals surface area contributed by atoms with Crippen LogP contribution in [0.1, 0.15) is 15.9 Å². The fourth-order valence-corrected chi connectivity index (χ4v) is 2.22. The van der Waals surface area contributed by atoms with Crippen molar-refractivity contribution in [2.24, 2.45) is 11.5 Å². The van der Waals surface area contributed by atoms with Crippen molar-refractivity contribution < 1.29 is 9.53 Å². The van der Waals surface area contributed by atoms with E-state index in [4.69, 9.17) is 16.2 Å². The minimum absolute atomic E-state index is 0.152. The number of nitrogens with zero attached hydrogens (tertiary/aromatic N) is 1. The van der Waals surface area contributed by atoms with E-state index in [1.807, 2.05) is 31.2 Å². The van der Waals surface area contributed by atoms with Crippen LogP contribution in [0.5, 0.6) is 0 Å². The normalized spacial score (nSPS) is 11.8. The predicted molar refractivity (Wildman–Crippen MR) is 95.6 cm³/mol. The molecule has 0 aliphatic rings. The SMILES string of the molecule is COC[C@H](N)CNc1ccc(C(N)=O)c(Nc2cccc(C)c2)n1. The molecule has 0 bridgehead atoms. The highest BCUT2D eigenvalue weighted by Crippen LogP contribution is 2.21. The van der Waals surface area contributed by atoms with Crippen LogP contribution in [0.15, 0.2) is 36.4 Å². The molecule has 0 unspecified atom stereocenters. The Morgan fingerprint density at radius 2 is 2.12 bits per heavy atom. The Balaban J connectivity index is 2.20. The van der Waals surface area contributed by atoms with Gasteiger partial charge in [-0.15, -0.1) is 0 Å². The van der Waals surface area contributed by atoms with Crippen LogP contribution in [0.3, 0.4) is 0 Å². The number of hydrogen-bond acceptors (Lipinski definition) is 6. The van der Waals surface area contributed by atoms with Gasteiger partial charge in [0.15, 0.2) is 0 Å². The van der Waals surface area contributed by atoms with Crippen molar-refractivity contribution in [2.75, 3.05) is 30.9 Å². The van der Waals surface area contributed by atoms with Gasteiger partial charge in [0.25, 0.3) is 5.91 Å². The summed E-state index contributed by atoms with van der Waals surface area (Å²) in [6, 6.07) is 10.9. The Hall–Kier alpha value is -2.64. The van der Waals surface area contributed by atoms with Crippen LogP contribution in [-0.2, 0) is 4.74 Å².